The molecule has 1 saturated carbocycles. The van der Waals surface area contributed by atoms with Crippen LogP contribution in [0.15, 0.2) is 17.2 Å². The molecule has 1 aliphatic carbocycles. The zero-order chi connectivity index (χ0) is 11.5. The van der Waals surface area contributed by atoms with Crippen molar-refractivity contribution in [3.05, 3.63) is 12.1 Å². The maximum Gasteiger partial charge on any atom is 0.200 e. The molecule has 2 aromatic heterocycles. The Bertz CT molecular complexity index is 491. The Labute approximate surface area is 104 Å². The molecular weight excluding hydrogens is 234 g/mol. The summed E-state index contributed by atoms with van der Waals surface area (Å²) in [6, 6.07) is 3.91. The number of tetrazole rings is 1. The van der Waals surface area contributed by atoms with E-state index in [1.54, 1.807) is 0 Å². The second-order valence-electron chi connectivity index (χ2n) is 4.51. The van der Waals surface area contributed by atoms with E-state index in [0.29, 0.717) is 5.65 Å². The number of thioether (sulfide) groups is 1. The molecule has 0 saturated heterocycles. The lowest BCUT2D eigenvalue weighted by Crippen LogP contribution is -2.09. The first kappa shape index (κ1) is 11.0. The van der Waals surface area contributed by atoms with Crippen LogP contribution in [0.3, 0.4) is 0 Å². The molecule has 0 aromatic carbocycles. The van der Waals surface area contributed by atoms with Gasteiger partial charge in [-0.1, -0.05) is 19.3 Å². The largest absolute Gasteiger partial charge is 0.200 e. The second-order valence-corrected chi connectivity index (χ2v) is 5.55. The Morgan fingerprint density at radius 1 is 1.24 bits per heavy atom. The molecule has 0 spiro atoms. The van der Waals surface area contributed by atoms with Crippen LogP contribution in [0.4, 0.5) is 0 Å². The lowest BCUT2D eigenvalue weighted by Gasteiger charge is -2.20. The van der Waals surface area contributed by atoms with Crippen LogP contribution >= 0.6 is 11.8 Å². The van der Waals surface area contributed by atoms with E-state index < -0.39 is 0 Å². The van der Waals surface area contributed by atoms with Crippen molar-refractivity contribution in [1.82, 2.24) is 25.3 Å². The monoisotopic (exact) mass is 249 g/mol. The van der Waals surface area contributed by atoms with Gasteiger partial charge in [0.15, 0.2) is 5.65 Å². The third-order valence-electron chi connectivity index (χ3n) is 3.24. The van der Waals surface area contributed by atoms with Gasteiger partial charge in [-0.15, -0.1) is 26.6 Å². The molecule has 90 valence electrons. The Balaban J connectivity index is 1.63. The molecule has 3 rings (SSSR count). The molecule has 0 atom stereocenters. The third-order valence-corrected chi connectivity index (χ3v) is 4.39. The van der Waals surface area contributed by atoms with E-state index in [2.05, 4.69) is 20.6 Å². The molecule has 5 nitrogen and oxygen atoms in total. The average Bonchev–Trinajstić information content (AvgIpc) is 2.85. The van der Waals surface area contributed by atoms with Gasteiger partial charge >= 0.3 is 0 Å². The second kappa shape index (κ2) is 5.00. The van der Waals surface area contributed by atoms with Crippen molar-refractivity contribution < 1.29 is 0 Å². The Morgan fingerprint density at radius 2 is 2.12 bits per heavy atom. The van der Waals surface area contributed by atoms with Gasteiger partial charge in [-0.3, -0.25) is 0 Å². The summed E-state index contributed by atoms with van der Waals surface area (Å²) in [7, 11) is 0. The predicted octanol–water partition coefficient (Wildman–Crippen LogP) is 2.19. The maximum atomic E-state index is 4.36. The van der Waals surface area contributed by atoms with Crippen LogP contribution in [0.25, 0.3) is 5.65 Å². The summed E-state index contributed by atoms with van der Waals surface area (Å²) in [4.78, 5) is 0. The first-order valence-electron chi connectivity index (χ1n) is 6.10. The van der Waals surface area contributed by atoms with Gasteiger partial charge < -0.3 is 0 Å². The lowest BCUT2D eigenvalue weighted by atomic mass is 9.91. The van der Waals surface area contributed by atoms with Gasteiger partial charge in [-0.05, 0) is 41.3 Å². The molecule has 0 aliphatic heterocycles. The summed E-state index contributed by atoms with van der Waals surface area (Å²) in [6.45, 7) is 0. The van der Waals surface area contributed by atoms with E-state index in [9.17, 15) is 0 Å². The zero-order valence-electron chi connectivity index (χ0n) is 9.62. The van der Waals surface area contributed by atoms with Gasteiger partial charge in [0.1, 0.15) is 5.03 Å². The molecule has 1 aliphatic rings. The normalized spacial score (nSPS) is 17.6. The summed E-state index contributed by atoms with van der Waals surface area (Å²) in [5.74, 6) is 2.03. The Hall–Kier alpha value is -1.17. The summed E-state index contributed by atoms with van der Waals surface area (Å²) in [5, 5.41) is 16.6. The van der Waals surface area contributed by atoms with Gasteiger partial charge in [0.2, 0.25) is 0 Å². The van der Waals surface area contributed by atoms with Crippen LogP contribution in [-0.2, 0) is 0 Å². The average molecular weight is 249 g/mol. The SMILES string of the molecule is c1cc2nnnn2nc1SCC1CCCCC1. The quantitative estimate of drug-likeness (QED) is 0.780. The summed E-state index contributed by atoms with van der Waals surface area (Å²) >= 11 is 1.82. The van der Waals surface area contributed by atoms with E-state index in [1.807, 2.05) is 23.9 Å². The van der Waals surface area contributed by atoms with E-state index in [0.717, 1.165) is 10.9 Å². The minimum absolute atomic E-state index is 0.701. The van der Waals surface area contributed by atoms with Gasteiger partial charge in [0.25, 0.3) is 0 Å². The molecule has 6 heteroatoms. The van der Waals surface area contributed by atoms with Crippen LogP contribution in [0.1, 0.15) is 32.1 Å². The Morgan fingerprint density at radius 3 is 3.00 bits per heavy atom. The fourth-order valence-electron chi connectivity index (χ4n) is 2.27. The molecule has 2 aromatic rings. The maximum absolute atomic E-state index is 4.36. The highest BCUT2D eigenvalue weighted by Gasteiger charge is 2.14. The van der Waals surface area contributed by atoms with Crippen molar-refractivity contribution >= 4 is 17.4 Å². The van der Waals surface area contributed by atoms with Crippen molar-refractivity contribution in [2.75, 3.05) is 5.75 Å². The van der Waals surface area contributed by atoms with Gasteiger partial charge in [0, 0.05) is 5.75 Å². The van der Waals surface area contributed by atoms with Crippen molar-refractivity contribution in [3.8, 4) is 0 Å². The van der Waals surface area contributed by atoms with Crippen LogP contribution in [0, 0.1) is 5.92 Å². The highest BCUT2D eigenvalue weighted by atomic mass is 32.2. The smallest absolute Gasteiger partial charge is 0.140 e. The fraction of sp³-hybridized carbons (Fsp3) is 0.636. The first-order valence-corrected chi connectivity index (χ1v) is 7.08. The number of aromatic nitrogens is 5. The lowest BCUT2D eigenvalue weighted by molar-refractivity contribution is 0.391. The summed E-state index contributed by atoms with van der Waals surface area (Å²) < 4.78 is 1.49. The van der Waals surface area contributed by atoms with Crippen LogP contribution in [0.5, 0.6) is 0 Å². The molecule has 0 N–H and O–H groups in total. The minimum Gasteiger partial charge on any atom is -0.140 e. The summed E-state index contributed by atoms with van der Waals surface area (Å²) in [6.07, 6.45) is 6.95. The molecule has 0 bridgehead atoms. The third kappa shape index (κ3) is 2.57. The molecule has 17 heavy (non-hydrogen) atoms. The van der Waals surface area contributed by atoms with Crippen LogP contribution < -0.4 is 0 Å². The molecule has 0 unspecified atom stereocenters. The molecule has 0 amide bonds. The fourth-order valence-corrected chi connectivity index (χ4v) is 3.31. The Kier molecular flexibility index (Phi) is 3.22. The van der Waals surface area contributed by atoms with Crippen molar-refractivity contribution in [2.24, 2.45) is 5.92 Å². The molecule has 0 radical (unpaired) electrons. The molecular formula is C11H15N5S. The minimum atomic E-state index is 0.701. The topological polar surface area (TPSA) is 56.0 Å². The van der Waals surface area contributed by atoms with Crippen LogP contribution in [0.2, 0.25) is 0 Å². The van der Waals surface area contributed by atoms with Crippen molar-refractivity contribution in [3.63, 3.8) is 0 Å². The molecule has 1 fully saturated rings. The first-order chi connectivity index (χ1) is 8.42. The van der Waals surface area contributed by atoms with Crippen molar-refractivity contribution in [2.45, 2.75) is 37.1 Å². The van der Waals surface area contributed by atoms with E-state index in [1.165, 1.54) is 42.5 Å². The molecule has 2 heterocycles. The number of fused-ring (bicyclic) bond motifs is 1. The number of hydrogen-bond acceptors (Lipinski definition) is 5. The highest BCUT2D eigenvalue weighted by Crippen LogP contribution is 2.29. The predicted molar refractivity (Wildman–Crippen MR) is 65.9 cm³/mol. The summed E-state index contributed by atoms with van der Waals surface area (Å²) in [5.41, 5.74) is 0.701. The van der Waals surface area contributed by atoms with Gasteiger partial charge in [-0.2, -0.15) is 0 Å². The zero-order valence-corrected chi connectivity index (χ0v) is 10.4. The van der Waals surface area contributed by atoms with Crippen molar-refractivity contribution in [1.29, 1.82) is 0 Å². The number of rotatable bonds is 3. The van der Waals surface area contributed by atoms with Gasteiger partial charge in [0.05, 0.1) is 0 Å². The number of hydrogen-bond donors (Lipinski definition) is 0. The highest BCUT2D eigenvalue weighted by molar-refractivity contribution is 7.99. The van der Waals surface area contributed by atoms with E-state index >= 15 is 0 Å². The van der Waals surface area contributed by atoms with E-state index in [4.69, 9.17) is 0 Å². The van der Waals surface area contributed by atoms with Gasteiger partial charge in [-0.25, -0.2) is 0 Å². The number of nitrogens with zero attached hydrogens (tertiary/aromatic N) is 5. The van der Waals surface area contributed by atoms with Crippen LogP contribution in [-0.4, -0.2) is 31.0 Å². The van der Waals surface area contributed by atoms with E-state index in [-0.39, 0.29) is 0 Å². The standard InChI is InChI=1S/C11H15N5S/c1-2-4-9(5-3-1)8-17-11-7-6-10-12-14-15-16(10)13-11/h6-7,9H,1-5,8H2.